The van der Waals surface area contributed by atoms with Crippen molar-refractivity contribution in [3.8, 4) is 0 Å². The van der Waals surface area contributed by atoms with Crippen LogP contribution >= 0.6 is 22.9 Å². The number of nitrogens with zero attached hydrogens (tertiary/aromatic N) is 2. The van der Waals surface area contributed by atoms with Crippen LogP contribution in [0.15, 0.2) is 12.1 Å². The van der Waals surface area contributed by atoms with Crippen LogP contribution < -0.4 is 10.6 Å². The fraction of sp³-hybridized carbons (Fsp3) is 0.579. The topological polar surface area (TPSA) is 59.0 Å². The van der Waals surface area contributed by atoms with Crippen LogP contribution in [0, 0.1) is 12.3 Å². The third kappa shape index (κ3) is 4.13. The van der Waals surface area contributed by atoms with Crippen molar-refractivity contribution in [1.29, 1.82) is 0 Å². The molecule has 2 aromatic heterocycles. The Bertz CT molecular complexity index is 784. The van der Waals surface area contributed by atoms with Crippen molar-refractivity contribution < 1.29 is 4.79 Å². The Labute approximate surface area is 164 Å². The standard InChI is InChI=1S/C19H27ClN4OS/c1-12-16(13-7-9-21-10-8-13)23-24(18(25)19(2,3)4)17(12)22-11-14-5-6-15(20)26-14/h5-6,13,21-22H,7-11H2,1-4H3. The first kappa shape index (κ1) is 19.4. The molecule has 26 heavy (non-hydrogen) atoms. The van der Waals surface area contributed by atoms with Crippen LogP contribution in [0.4, 0.5) is 5.82 Å². The molecular formula is C19H27ClN4OS. The lowest BCUT2D eigenvalue weighted by Gasteiger charge is -2.21. The summed E-state index contributed by atoms with van der Waals surface area (Å²) >= 11 is 7.58. The molecule has 1 saturated heterocycles. The van der Waals surface area contributed by atoms with Crippen LogP contribution in [0.2, 0.25) is 4.34 Å². The number of carbonyl (C=O) groups excluding carboxylic acids is 1. The molecule has 0 aliphatic carbocycles. The van der Waals surface area contributed by atoms with E-state index in [9.17, 15) is 4.79 Å². The number of carbonyl (C=O) groups is 1. The van der Waals surface area contributed by atoms with Gasteiger partial charge in [0.15, 0.2) is 0 Å². The average molecular weight is 395 g/mol. The predicted molar refractivity (Wildman–Crippen MR) is 109 cm³/mol. The number of piperidine rings is 1. The first-order valence-corrected chi connectivity index (χ1v) is 10.3. The molecule has 142 valence electrons. The maximum Gasteiger partial charge on any atom is 0.254 e. The van der Waals surface area contributed by atoms with Crippen LogP contribution in [-0.4, -0.2) is 28.8 Å². The van der Waals surface area contributed by atoms with E-state index < -0.39 is 5.41 Å². The van der Waals surface area contributed by atoms with Gasteiger partial charge in [-0.1, -0.05) is 32.4 Å². The van der Waals surface area contributed by atoms with E-state index in [2.05, 4.69) is 17.6 Å². The highest BCUT2D eigenvalue weighted by Crippen LogP contribution is 2.33. The maximum absolute atomic E-state index is 13.0. The molecule has 0 spiro atoms. The van der Waals surface area contributed by atoms with Crippen molar-refractivity contribution in [2.24, 2.45) is 5.41 Å². The lowest BCUT2D eigenvalue weighted by Crippen LogP contribution is -2.29. The highest BCUT2D eigenvalue weighted by atomic mass is 35.5. The molecule has 3 heterocycles. The second-order valence-electron chi connectivity index (χ2n) is 7.91. The van der Waals surface area contributed by atoms with E-state index in [0.29, 0.717) is 12.5 Å². The summed E-state index contributed by atoms with van der Waals surface area (Å²) in [5, 5.41) is 11.6. The highest BCUT2D eigenvalue weighted by molar-refractivity contribution is 7.16. The molecule has 0 radical (unpaired) electrons. The van der Waals surface area contributed by atoms with Gasteiger partial charge in [-0.05, 0) is 45.0 Å². The van der Waals surface area contributed by atoms with E-state index in [4.69, 9.17) is 16.7 Å². The lowest BCUT2D eigenvalue weighted by atomic mass is 9.92. The predicted octanol–water partition coefficient (Wildman–Crippen LogP) is 4.67. The van der Waals surface area contributed by atoms with Gasteiger partial charge in [0, 0.05) is 21.8 Å². The Morgan fingerprint density at radius 2 is 2.08 bits per heavy atom. The van der Waals surface area contributed by atoms with Gasteiger partial charge >= 0.3 is 0 Å². The zero-order chi connectivity index (χ0) is 18.9. The van der Waals surface area contributed by atoms with E-state index in [1.54, 1.807) is 16.0 Å². The van der Waals surface area contributed by atoms with E-state index in [-0.39, 0.29) is 5.91 Å². The smallest absolute Gasteiger partial charge is 0.254 e. The summed E-state index contributed by atoms with van der Waals surface area (Å²) in [5.74, 6) is 1.22. The Kier molecular flexibility index (Phi) is 5.75. The van der Waals surface area contributed by atoms with Gasteiger partial charge in [-0.3, -0.25) is 4.79 Å². The Morgan fingerprint density at radius 3 is 2.65 bits per heavy atom. The average Bonchev–Trinajstić information content (AvgIpc) is 3.15. The first-order chi connectivity index (χ1) is 12.3. The molecule has 0 amide bonds. The van der Waals surface area contributed by atoms with Gasteiger partial charge in [-0.2, -0.15) is 9.78 Å². The summed E-state index contributed by atoms with van der Waals surface area (Å²) in [5.41, 5.74) is 1.64. The van der Waals surface area contributed by atoms with Gasteiger partial charge < -0.3 is 10.6 Å². The number of rotatable bonds is 4. The summed E-state index contributed by atoms with van der Waals surface area (Å²) in [6.07, 6.45) is 2.11. The maximum atomic E-state index is 13.0. The van der Waals surface area contributed by atoms with Crippen LogP contribution in [-0.2, 0) is 6.54 Å². The summed E-state index contributed by atoms with van der Waals surface area (Å²) in [4.78, 5) is 14.1. The second kappa shape index (κ2) is 7.71. The van der Waals surface area contributed by atoms with Gasteiger partial charge in [-0.25, -0.2) is 0 Å². The van der Waals surface area contributed by atoms with Crippen molar-refractivity contribution >= 4 is 34.7 Å². The van der Waals surface area contributed by atoms with E-state index >= 15 is 0 Å². The molecule has 5 nitrogen and oxygen atoms in total. The molecule has 0 atom stereocenters. The van der Waals surface area contributed by atoms with Crippen molar-refractivity contribution in [2.45, 2.75) is 53.0 Å². The minimum atomic E-state index is -0.494. The molecule has 0 unspecified atom stereocenters. The quantitative estimate of drug-likeness (QED) is 0.790. The van der Waals surface area contributed by atoms with Gasteiger partial charge in [0.1, 0.15) is 5.82 Å². The van der Waals surface area contributed by atoms with E-state index in [0.717, 1.165) is 52.2 Å². The molecule has 1 aliphatic heterocycles. The third-order valence-corrected chi connectivity index (χ3v) is 6.01. The van der Waals surface area contributed by atoms with Gasteiger partial charge in [-0.15, -0.1) is 11.3 Å². The van der Waals surface area contributed by atoms with Crippen molar-refractivity contribution in [3.63, 3.8) is 0 Å². The number of nitrogens with one attached hydrogen (secondary N) is 2. The summed E-state index contributed by atoms with van der Waals surface area (Å²) in [6.45, 7) is 10.5. The van der Waals surface area contributed by atoms with E-state index in [1.165, 1.54) is 0 Å². The zero-order valence-corrected chi connectivity index (χ0v) is 17.4. The molecule has 2 aromatic rings. The number of hydrogen-bond acceptors (Lipinski definition) is 5. The highest BCUT2D eigenvalue weighted by Gasteiger charge is 2.30. The fourth-order valence-corrected chi connectivity index (χ4v) is 4.31. The molecule has 1 fully saturated rings. The molecule has 2 N–H and O–H groups in total. The largest absolute Gasteiger partial charge is 0.365 e. The number of aromatic nitrogens is 2. The zero-order valence-electron chi connectivity index (χ0n) is 15.9. The van der Waals surface area contributed by atoms with Gasteiger partial charge in [0.05, 0.1) is 16.6 Å². The molecule has 1 aliphatic rings. The van der Waals surface area contributed by atoms with Gasteiger partial charge in [0.2, 0.25) is 0 Å². The van der Waals surface area contributed by atoms with Crippen LogP contribution in [0.5, 0.6) is 0 Å². The molecular weight excluding hydrogens is 368 g/mol. The van der Waals surface area contributed by atoms with Crippen molar-refractivity contribution in [1.82, 2.24) is 15.1 Å². The molecule has 0 aromatic carbocycles. The fourth-order valence-electron chi connectivity index (χ4n) is 3.29. The Hall–Kier alpha value is -1.37. The molecule has 7 heteroatoms. The lowest BCUT2D eigenvalue weighted by molar-refractivity contribution is 0.0751. The monoisotopic (exact) mass is 394 g/mol. The first-order valence-electron chi connectivity index (χ1n) is 9.10. The summed E-state index contributed by atoms with van der Waals surface area (Å²) < 4.78 is 2.36. The molecule has 3 rings (SSSR count). The number of anilines is 1. The van der Waals surface area contributed by atoms with Crippen LogP contribution in [0.25, 0.3) is 0 Å². The Balaban J connectivity index is 1.93. The van der Waals surface area contributed by atoms with Crippen LogP contribution in [0.1, 0.15) is 60.5 Å². The third-order valence-electron chi connectivity index (χ3n) is 4.78. The van der Waals surface area contributed by atoms with Gasteiger partial charge in [0.25, 0.3) is 5.91 Å². The molecule has 0 bridgehead atoms. The number of thiophene rings is 1. The van der Waals surface area contributed by atoms with Crippen molar-refractivity contribution in [3.05, 3.63) is 32.6 Å². The SMILES string of the molecule is Cc1c(C2CCNCC2)nn(C(=O)C(C)(C)C)c1NCc1ccc(Cl)s1. The molecule has 0 saturated carbocycles. The van der Waals surface area contributed by atoms with Crippen LogP contribution in [0.3, 0.4) is 0 Å². The summed E-state index contributed by atoms with van der Waals surface area (Å²) in [7, 11) is 0. The number of halogens is 1. The minimum absolute atomic E-state index is 0.00694. The minimum Gasteiger partial charge on any atom is -0.365 e. The number of hydrogen-bond donors (Lipinski definition) is 2. The Morgan fingerprint density at radius 1 is 1.38 bits per heavy atom. The van der Waals surface area contributed by atoms with Crippen molar-refractivity contribution in [2.75, 3.05) is 18.4 Å². The normalized spacial score (nSPS) is 16.0. The summed E-state index contributed by atoms with van der Waals surface area (Å²) in [6, 6.07) is 3.91. The van der Waals surface area contributed by atoms with E-state index in [1.807, 2.05) is 32.9 Å². The second-order valence-corrected chi connectivity index (χ2v) is 9.71.